The fourth-order valence-corrected chi connectivity index (χ4v) is 0.664. The normalized spacial score (nSPS) is 11.7. The Morgan fingerprint density at radius 1 is 1.58 bits per heavy atom. The third-order valence-corrected chi connectivity index (χ3v) is 1.23. The van der Waals surface area contributed by atoms with E-state index in [0.29, 0.717) is 5.76 Å². The van der Waals surface area contributed by atoms with E-state index in [1.54, 1.807) is 0 Å². The zero-order chi connectivity index (χ0) is 9.19. The van der Waals surface area contributed by atoms with E-state index in [-0.39, 0.29) is 5.69 Å². The van der Waals surface area contributed by atoms with Gasteiger partial charge in [-0.25, -0.2) is 0 Å². The molecule has 1 rings (SSSR count). The minimum Gasteiger partial charge on any atom is -0.372 e. The van der Waals surface area contributed by atoms with E-state index in [1.165, 1.54) is 13.1 Å². The molecule has 3 nitrogen and oxygen atoms in total. The lowest BCUT2D eigenvalue weighted by molar-refractivity contribution is -0.115. The predicted molar refractivity (Wildman–Crippen MR) is 35.8 cm³/mol. The van der Waals surface area contributed by atoms with Gasteiger partial charge in [-0.15, -0.1) is 0 Å². The Morgan fingerprint density at radius 3 is 2.67 bits per heavy atom. The first-order valence-electron chi connectivity index (χ1n) is 3.21. The van der Waals surface area contributed by atoms with E-state index in [2.05, 4.69) is 15.0 Å². The van der Waals surface area contributed by atoms with Gasteiger partial charge in [0.2, 0.25) is 0 Å². The van der Waals surface area contributed by atoms with E-state index in [0.717, 1.165) is 0 Å². The molecule has 68 valence electrons. The fourth-order valence-electron chi connectivity index (χ4n) is 0.664. The molecule has 0 unspecified atom stereocenters. The summed E-state index contributed by atoms with van der Waals surface area (Å²) in [5, 5.41) is 5.47. The van der Waals surface area contributed by atoms with Gasteiger partial charge in [0.25, 0.3) is 0 Å². The number of nitrogens with one attached hydrogen (secondary N) is 1. The average molecular weight is 180 g/mol. The number of hydrogen-bond donors (Lipinski definition) is 1. The zero-order valence-corrected chi connectivity index (χ0v) is 6.27. The van der Waals surface area contributed by atoms with Crippen molar-refractivity contribution in [2.75, 3.05) is 11.9 Å². The number of alkyl halides is 3. The molecular weight excluding hydrogens is 173 g/mol. The molecule has 0 radical (unpaired) electrons. The summed E-state index contributed by atoms with van der Waals surface area (Å²) in [5.74, 6) is 0.347. The Hall–Kier alpha value is -1.20. The Bertz CT molecular complexity index is 256. The summed E-state index contributed by atoms with van der Waals surface area (Å²) >= 11 is 0. The molecule has 1 heterocycles. The number of aryl methyl sites for hydroxylation is 1. The van der Waals surface area contributed by atoms with Crippen molar-refractivity contribution in [1.29, 1.82) is 0 Å². The van der Waals surface area contributed by atoms with Crippen LogP contribution in [0.3, 0.4) is 0 Å². The fraction of sp³-hybridized carbons (Fsp3) is 0.500. The molecule has 1 aromatic heterocycles. The topological polar surface area (TPSA) is 38.1 Å². The van der Waals surface area contributed by atoms with Crippen molar-refractivity contribution in [2.24, 2.45) is 0 Å². The van der Waals surface area contributed by atoms with E-state index in [4.69, 9.17) is 0 Å². The summed E-state index contributed by atoms with van der Waals surface area (Å²) < 4.78 is 39.5. The maximum absolute atomic E-state index is 11.7. The van der Waals surface area contributed by atoms with Crippen molar-refractivity contribution in [3.63, 3.8) is 0 Å². The number of hydrogen-bond acceptors (Lipinski definition) is 3. The van der Waals surface area contributed by atoms with Gasteiger partial charge in [0.15, 0.2) is 5.76 Å². The molecule has 0 fully saturated rings. The van der Waals surface area contributed by atoms with Crippen LogP contribution < -0.4 is 5.32 Å². The molecule has 0 aliphatic heterocycles. The minimum absolute atomic E-state index is 0.271. The second-order valence-corrected chi connectivity index (χ2v) is 2.26. The highest BCUT2D eigenvalue weighted by Gasteiger charge is 2.27. The van der Waals surface area contributed by atoms with Gasteiger partial charge in [-0.3, -0.25) is 0 Å². The van der Waals surface area contributed by atoms with Gasteiger partial charge in [-0.05, 0) is 6.92 Å². The summed E-state index contributed by atoms with van der Waals surface area (Å²) in [6.07, 6.45) is -3.01. The largest absolute Gasteiger partial charge is 0.405 e. The highest BCUT2D eigenvalue weighted by Crippen LogP contribution is 2.18. The van der Waals surface area contributed by atoms with Gasteiger partial charge in [0.05, 0.1) is 11.9 Å². The first kappa shape index (κ1) is 8.89. The number of halogens is 3. The van der Waals surface area contributed by atoms with Crippen LogP contribution in [0.15, 0.2) is 10.7 Å². The van der Waals surface area contributed by atoms with Crippen molar-refractivity contribution in [1.82, 2.24) is 5.16 Å². The Labute approximate surface area is 66.5 Å². The van der Waals surface area contributed by atoms with Gasteiger partial charge >= 0.3 is 6.18 Å². The van der Waals surface area contributed by atoms with Gasteiger partial charge in [0.1, 0.15) is 6.54 Å². The number of aromatic nitrogens is 1. The number of rotatable bonds is 2. The van der Waals surface area contributed by atoms with Gasteiger partial charge in [0, 0.05) is 0 Å². The predicted octanol–water partition coefficient (Wildman–Crippen LogP) is 1.96. The SMILES string of the molecule is Cc1oncc1NCC(F)(F)F. The second kappa shape index (κ2) is 3.04. The molecule has 6 heteroatoms. The van der Waals surface area contributed by atoms with Crippen LogP contribution in [0.4, 0.5) is 18.9 Å². The first-order chi connectivity index (χ1) is 5.49. The Morgan fingerprint density at radius 2 is 2.25 bits per heavy atom. The van der Waals surface area contributed by atoms with Crippen LogP contribution >= 0.6 is 0 Å². The van der Waals surface area contributed by atoms with Crippen molar-refractivity contribution < 1.29 is 17.7 Å². The van der Waals surface area contributed by atoms with Gasteiger partial charge in [-0.1, -0.05) is 5.16 Å². The molecule has 1 N–H and O–H groups in total. The molecule has 0 amide bonds. The summed E-state index contributed by atoms with van der Waals surface area (Å²) in [4.78, 5) is 0. The molecule has 0 aromatic carbocycles. The van der Waals surface area contributed by atoms with E-state index >= 15 is 0 Å². The van der Waals surface area contributed by atoms with Crippen LogP contribution in [0, 0.1) is 6.92 Å². The lowest BCUT2D eigenvalue weighted by Crippen LogP contribution is -2.21. The zero-order valence-electron chi connectivity index (χ0n) is 6.27. The van der Waals surface area contributed by atoms with Crippen LogP contribution in [-0.2, 0) is 0 Å². The maximum atomic E-state index is 11.7. The van der Waals surface area contributed by atoms with E-state index < -0.39 is 12.7 Å². The molecule has 0 saturated carbocycles. The van der Waals surface area contributed by atoms with Crippen molar-refractivity contribution in [2.45, 2.75) is 13.1 Å². The number of anilines is 1. The van der Waals surface area contributed by atoms with Crippen molar-refractivity contribution in [3.05, 3.63) is 12.0 Å². The lowest BCUT2D eigenvalue weighted by Gasteiger charge is -2.06. The van der Waals surface area contributed by atoms with Gasteiger partial charge in [-0.2, -0.15) is 13.2 Å². The first-order valence-corrected chi connectivity index (χ1v) is 3.21. The Kier molecular flexibility index (Phi) is 2.25. The monoisotopic (exact) mass is 180 g/mol. The maximum Gasteiger partial charge on any atom is 0.405 e. The summed E-state index contributed by atoms with van der Waals surface area (Å²) in [6, 6.07) is 0. The lowest BCUT2D eigenvalue weighted by atomic mass is 10.4. The summed E-state index contributed by atoms with van der Waals surface area (Å²) in [5.41, 5.74) is 0.271. The minimum atomic E-state index is -4.22. The molecule has 0 atom stereocenters. The van der Waals surface area contributed by atoms with Crippen LogP contribution in [0.5, 0.6) is 0 Å². The Balaban J connectivity index is 2.49. The van der Waals surface area contributed by atoms with Gasteiger partial charge < -0.3 is 9.84 Å². The van der Waals surface area contributed by atoms with E-state index in [1.807, 2.05) is 0 Å². The summed E-state index contributed by atoms with van der Waals surface area (Å²) in [7, 11) is 0. The third kappa shape index (κ3) is 2.44. The van der Waals surface area contributed by atoms with Crippen molar-refractivity contribution >= 4 is 5.69 Å². The van der Waals surface area contributed by atoms with Crippen LogP contribution in [-0.4, -0.2) is 17.9 Å². The van der Waals surface area contributed by atoms with Crippen molar-refractivity contribution in [3.8, 4) is 0 Å². The highest BCUT2D eigenvalue weighted by molar-refractivity contribution is 5.43. The van der Waals surface area contributed by atoms with E-state index in [9.17, 15) is 13.2 Å². The average Bonchev–Trinajstić information content (AvgIpc) is 2.29. The molecule has 12 heavy (non-hydrogen) atoms. The van der Waals surface area contributed by atoms with Crippen LogP contribution in [0.1, 0.15) is 5.76 Å². The molecule has 0 spiro atoms. The highest BCUT2D eigenvalue weighted by atomic mass is 19.4. The molecule has 0 aliphatic carbocycles. The molecular formula is C6H7F3N2O. The second-order valence-electron chi connectivity index (χ2n) is 2.26. The third-order valence-electron chi connectivity index (χ3n) is 1.23. The smallest absolute Gasteiger partial charge is 0.372 e. The van der Waals surface area contributed by atoms with Crippen LogP contribution in [0.2, 0.25) is 0 Å². The van der Waals surface area contributed by atoms with Crippen LogP contribution in [0.25, 0.3) is 0 Å². The standard InChI is InChI=1S/C6H7F3N2O/c1-4-5(2-11-12-4)10-3-6(7,8)9/h2,10H,3H2,1H3. The quantitative estimate of drug-likeness (QED) is 0.755. The number of nitrogens with zero attached hydrogens (tertiary/aromatic N) is 1. The molecule has 0 aliphatic rings. The summed E-state index contributed by atoms with van der Waals surface area (Å²) in [6.45, 7) is 0.459. The molecule has 0 bridgehead atoms. The molecule has 0 saturated heterocycles. The molecule has 1 aromatic rings.